The van der Waals surface area contributed by atoms with Gasteiger partial charge in [0, 0.05) is 16.8 Å². The summed E-state index contributed by atoms with van der Waals surface area (Å²) in [6, 6.07) is 7.35. The van der Waals surface area contributed by atoms with Gasteiger partial charge >= 0.3 is 5.97 Å². The third-order valence-electron chi connectivity index (χ3n) is 2.99. The molecule has 0 saturated carbocycles. The molecule has 0 aliphatic heterocycles. The fraction of sp³-hybridized carbons (Fsp3) is 0.143. The lowest BCUT2D eigenvalue weighted by Crippen LogP contribution is -2.05. The molecule has 0 bridgehead atoms. The number of nitrogens with zero attached hydrogens (tertiary/aromatic N) is 4. The Morgan fingerprint density at radius 2 is 2.10 bits per heavy atom. The summed E-state index contributed by atoms with van der Waals surface area (Å²) in [5, 5.41) is 18.2. The van der Waals surface area contributed by atoms with Gasteiger partial charge in [-0.1, -0.05) is 6.07 Å². The van der Waals surface area contributed by atoms with E-state index in [9.17, 15) is 9.90 Å². The number of carboxylic acid groups (broad SMARTS) is 1. The summed E-state index contributed by atoms with van der Waals surface area (Å²) in [5.41, 5.74) is 2.20. The first-order valence-electron chi connectivity index (χ1n) is 6.25. The van der Waals surface area contributed by atoms with Crippen molar-refractivity contribution < 1.29 is 9.90 Å². The van der Waals surface area contributed by atoms with Gasteiger partial charge in [0.2, 0.25) is 0 Å². The van der Waals surface area contributed by atoms with Crippen LogP contribution in [0.4, 0.5) is 0 Å². The summed E-state index contributed by atoms with van der Waals surface area (Å²) in [4.78, 5) is 16.3. The maximum atomic E-state index is 11.4. The Morgan fingerprint density at radius 1 is 1.29 bits per heavy atom. The molecule has 0 fully saturated rings. The lowest BCUT2D eigenvalue weighted by molar-refractivity contribution is 0.0691. The molecular formula is C14H12N4O2S. The van der Waals surface area contributed by atoms with Gasteiger partial charge in [-0.3, -0.25) is 9.38 Å². The van der Waals surface area contributed by atoms with Gasteiger partial charge in [-0.05, 0) is 43.8 Å². The van der Waals surface area contributed by atoms with Crippen LogP contribution < -0.4 is 0 Å². The van der Waals surface area contributed by atoms with Crippen LogP contribution in [0.15, 0.2) is 40.5 Å². The first-order valence-corrected chi connectivity index (χ1v) is 7.07. The van der Waals surface area contributed by atoms with Crippen LogP contribution in [-0.2, 0) is 0 Å². The SMILES string of the molecule is Cc1cc(Sc2nnc3ccccn23)c(C(=O)O)c(C)n1. The summed E-state index contributed by atoms with van der Waals surface area (Å²) in [6.07, 6.45) is 1.85. The van der Waals surface area contributed by atoms with Crippen molar-refractivity contribution in [3.05, 3.63) is 47.4 Å². The lowest BCUT2D eigenvalue weighted by atomic mass is 10.2. The molecule has 3 heterocycles. The minimum atomic E-state index is -0.990. The summed E-state index contributed by atoms with van der Waals surface area (Å²) in [5.74, 6) is -0.990. The molecule has 3 aromatic rings. The Morgan fingerprint density at radius 3 is 2.86 bits per heavy atom. The number of hydrogen-bond acceptors (Lipinski definition) is 5. The van der Waals surface area contributed by atoms with Crippen molar-refractivity contribution in [1.82, 2.24) is 19.6 Å². The van der Waals surface area contributed by atoms with Crippen LogP contribution >= 0.6 is 11.8 Å². The third-order valence-corrected chi connectivity index (χ3v) is 3.99. The highest BCUT2D eigenvalue weighted by Gasteiger charge is 2.18. The highest BCUT2D eigenvalue weighted by atomic mass is 32.2. The number of aromatic carboxylic acids is 1. The monoisotopic (exact) mass is 300 g/mol. The molecule has 106 valence electrons. The van der Waals surface area contributed by atoms with Crippen molar-refractivity contribution in [1.29, 1.82) is 0 Å². The Balaban J connectivity index is 2.11. The largest absolute Gasteiger partial charge is 0.478 e. The molecule has 7 heteroatoms. The third kappa shape index (κ3) is 2.47. The van der Waals surface area contributed by atoms with E-state index in [1.165, 1.54) is 11.8 Å². The number of aryl methyl sites for hydroxylation is 2. The van der Waals surface area contributed by atoms with Gasteiger partial charge in [-0.25, -0.2) is 4.79 Å². The van der Waals surface area contributed by atoms with Gasteiger partial charge in [0.05, 0.1) is 11.3 Å². The molecule has 3 rings (SSSR count). The minimum absolute atomic E-state index is 0.207. The van der Waals surface area contributed by atoms with Crippen LogP contribution in [-0.4, -0.2) is 30.7 Å². The number of hydrogen-bond donors (Lipinski definition) is 1. The number of rotatable bonds is 3. The standard InChI is InChI=1S/C14H12N4O2S/c1-8-7-10(12(13(19)20)9(2)15-8)21-14-17-16-11-5-3-4-6-18(11)14/h3-7H,1-2H3,(H,19,20). The molecule has 3 aromatic heterocycles. The van der Waals surface area contributed by atoms with E-state index in [2.05, 4.69) is 15.2 Å². The number of carboxylic acids is 1. The Bertz CT molecular complexity index is 844. The highest BCUT2D eigenvalue weighted by molar-refractivity contribution is 7.99. The second-order valence-corrected chi connectivity index (χ2v) is 5.55. The van der Waals surface area contributed by atoms with Gasteiger partial charge in [0.15, 0.2) is 10.8 Å². The predicted molar refractivity (Wildman–Crippen MR) is 77.8 cm³/mol. The van der Waals surface area contributed by atoms with Crippen molar-refractivity contribution in [2.75, 3.05) is 0 Å². The summed E-state index contributed by atoms with van der Waals surface area (Å²) < 4.78 is 1.82. The van der Waals surface area contributed by atoms with E-state index in [0.717, 1.165) is 11.3 Å². The smallest absolute Gasteiger partial charge is 0.338 e. The van der Waals surface area contributed by atoms with Crippen LogP contribution in [0.1, 0.15) is 21.7 Å². The topological polar surface area (TPSA) is 80.4 Å². The number of carbonyl (C=O) groups is 1. The van der Waals surface area contributed by atoms with E-state index in [1.807, 2.05) is 35.7 Å². The summed E-state index contributed by atoms with van der Waals surface area (Å²) in [6.45, 7) is 3.53. The Labute approximate surface area is 124 Å². The number of pyridine rings is 2. The normalized spacial score (nSPS) is 11.0. The van der Waals surface area contributed by atoms with E-state index in [0.29, 0.717) is 15.7 Å². The Hall–Kier alpha value is -2.41. The molecule has 0 atom stereocenters. The lowest BCUT2D eigenvalue weighted by Gasteiger charge is -2.08. The molecule has 0 saturated heterocycles. The highest BCUT2D eigenvalue weighted by Crippen LogP contribution is 2.31. The van der Waals surface area contributed by atoms with E-state index in [-0.39, 0.29) is 5.56 Å². The fourth-order valence-corrected chi connectivity index (χ4v) is 3.22. The molecule has 0 aromatic carbocycles. The van der Waals surface area contributed by atoms with Gasteiger partial charge in [-0.2, -0.15) is 0 Å². The number of aromatic nitrogens is 4. The first kappa shape index (κ1) is 13.6. The zero-order valence-electron chi connectivity index (χ0n) is 11.4. The maximum absolute atomic E-state index is 11.4. The molecule has 1 N–H and O–H groups in total. The molecule has 0 aliphatic carbocycles. The maximum Gasteiger partial charge on any atom is 0.338 e. The molecule has 0 radical (unpaired) electrons. The van der Waals surface area contributed by atoms with Gasteiger partial charge < -0.3 is 5.11 Å². The van der Waals surface area contributed by atoms with Gasteiger partial charge in [0.25, 0.3) is 0 Å². The molecule has 0 unspecified atom stereocenters. The molecule has 0 spiro atoms. The van der Waals surface area contributed by atoms with Crippen molar-refractivity contribution >= 4 is 23.4 Å². The minimum Gasteiger partial charge on any atom is -0.478 e. The number of fused-ring (bicyclic) bond motifs is 1. The quantitative estimate of drug-likeness (QED) is 0.800. The molecule has 21 heavy (non-hydrogen) atoms. The van der Waals surface area contributed by atoms with E-state index in [4.69, 9.17) is 0 Å². The molecule has 0 amide bonds. The van der Waals surface area contributed by atoms with E-state index in [1.54, 1.807) is 13.0 Å². The Kier molecular flexibility index (Phi) is 3.34. The van der Waals surface area contributed by atoms with Crippen LogP contribution in [0.3, 0.4) is 0 Å². The van der Waals surface area contributed by atoms with E-state index >= 15 is 0 Å². The zero-order valence-corrected chi connectivity index (χ0v) is 12.3. The van der Waals surface area contributed by atoms with Crippen molar-refractivity contribution in [2.24, 2.45) is 0 Å². The van der Waals surface area contributed by atoms with Crippen LogP contribution in [0.5, 0.6) is 0 Å². The van der Waals surface area contributed by atoms with Crippen molar-refractivity contribution in [3.63, 3.8) is 0 Å². The van der Waals surface area contributed by atoms with Gasteiger partial charge in [0.1, 0.15) is 0 Å². The predicted octanol–water partition coefficient (Wildman–Crippen LogP) is 2.59. The van der Waals surface area contributed by atoms with Crippen LogP contribution in [0, 0.1) is 13.8 Å². The average Bonchev–Trinajstić information content (AvgIpc) is 2.81. The fourth-order valence-electron chi connectivity index (χ4n) is 2.12. The van der Waals surface area contributed by atoms with Crippen molar-refractivity contribution in [2.45, 2.75) is 23.9 Å². The molecule has 0 aliphatic rings. The van der Waals surface area contributed by atoms with Crippen molar-refractivity contribution in [3.8, 4) is 0 Å². The second kappa shape index (κ2) is 5.17. The summed E-state index contributed by atoms with van der Waals surface area (Å²) in [7, 11) is 0. The zero-order chi connectivity index (χ0) is 15.0. The van der Waals surface area contributed by atoms with Crippen LogP contribution in [0.2, 0.25) is 0 Å². The molecular weight excluding hydrogens is 288 g/mol. The first-order chi connectivity index (χ1) is 10.1. The van der Waals surface area contributed by atoms with Gasteiger partial charge in [-0.15, -0.1) is 10.2 Å². The summed E-state index contributed by atoms with van der Waals surface area (Å²) >= 11 is 1.28. The second-order valence-electron chi connectivity index (χ2n) is 4.54. The van der Waals surface area contributed by atoms with E-state index < -0.39 is 5.97 Å². The average molecular weight is 300 g/mol. The van der Waals surface area contributed by atoms with Crippen LogP contribution in [0.25, 0.3) is 5.65 Å². The molecule has 6 nitrogen and oxygen atoms in total.